The molecule has 2 bridgehead atoms. The highest BCUT2D eigenvalue weighted by molar-refractivity contribution is 5.69. The van der Waals surface area contributed by atoms with Crippen molar-refractivity contribution in [1.82, 2.24) is 10.5 Å². The summed E-state index contributed by atoms with van der Waals surface area (Å²) in [6.07, 6.45) is 9.71. The lowest BCUT2D eigenvalue weighted by molar-refractivity contribution is 0.329. The maximum atomic E-state index is 4.89. The van der Waals surface area contributed by atoms with Gasteiger partial charge in [0.1, 0.15) is 6.26 Å². The van der Waals surface area contributed by atoms with Crippen molar-refractivity contribution in [2.75, 3.05) is 6.54 Å². The molecule has 0 aromatic carbocycles. The van der Waals surface area contributed by atoms with Crippen LogP contribution in [0, 0.1) is 5.92 Å². The van der Waals surface area contributed by atoms with Gasteiger partial charge in [0.15, 0.2) is 0 Å². The van der Waals surface area contributed by atoms with Crippen molar-refractivity contribution in [2.45, 2.75) is 25.3 Å². The predicted molar refractivity (Wildman–Crippen MR) is 53.6 cm³/mol. The SMILES string of the molecule is C1=C(c2cnoc2)C2CC(C1)CCN2. The summed E-state index contributed by atoms with van der Waals surface area (Å²) < 4.78 is 4.89. The molecule has 1 N–H and O–H groups in total. The molecule has 14 heavy (non-hydrogen) atoms. The molecular weight excluding hydrogens is 176 g/mol. The standard InChI is InChI=1S/C11H14N2O/c1-2-10(9-6-13-14-7-9)11-5-8(1)3-4-12-11/h2,6-8,11-12H,1,3-5H2. The van der Waals surface area contributed by atoms with Gasteiger partial charge in [0.05, 0.1) is 6.20 Å². The largest absolute Gasteiger partial charge is 0.364 e. The van der Waals surface area contributed by atoms with E-state index >= 15 is 0 Å². The normalized spacial score (nSPS) is 31.3. The number of fused-ring (bicyclic) bond motifs is 2. The molecule has 2 aliphatic rings. The molecule has 3 nitrogen and oxygen atoms in total. The van der Waals surface area contributed by atoms with Crippen molar-refractivity contribution >= 4 is 5.57 Å². The summed E-state index contributed by atoms with van der Waals surface area (Å²) in [5, 5.41) is 7.31. The third-order valence-electron chi connectivity index (χ3n) is 3.32. The Morgan fingerprint density at radius 2 is 2.50 bits per heavy atom. The van der Waals surface area contributed by atoms with Crippen LogP contribution in [0.5, 0.6) is 0 Å². The number of rotatable bonds is 1. The molecule has 74 valence electrons. The molecule has 2 unspecified atom stereocenters. The molecule has 0 radical (unpaired) electrons. The van der Waals surface area contributed by atoms with Crippen LogP contribution in [-0.2, 0) is 0 Å². The Hall–Kier alpha value is -1.09. The number of hydrogen-bond donors (Lipinski definition) is 1. The number of nitrogens with one attached hydrogen (secondary N) is 1. The number of aromatic nitrogens is 1. The summed E-state index contributed by atoms with van der Waals surface area (Å²) in [6.45, 7) is 1.15. The van der Waals surface area contributed by atoms with Crippen LogP contribution in [0.1, 0.15) is 24.8 Å². The monoisotopic (exact) mass is 190 g/mol. The van der Waals surface area contributed by atoms with Crippen molar-refractivity contribution in [1.29, 1.82) is 0 Å². The first kappa shape index (κ1) is 8.24. The van der Waals surface area contributed by atoms with Gasteiger partial charge in [-0.2, -0.15) is 0 Å². The minimum absolute atomic E-state index is 0.530. The molecule has 1 saturated heterocycles. The molecule has 3 heteroatoms. The van der Waals surface area contributed by atoms with E-state index in [9.17, 15) is 0 Å². The molecule has 3 rings (SSSR count). The van der Waals surface area contributed by atoms with E-state index in [2.05, 4.69) is 16.5 Å². The fourth-order valence-corrected chi connectivity index (χ4v) is 2.55. The quantitative estimate of drug-likeness (QED) is 0.734. The van der Waals surface area contributed by atoms with E-state index in [1.165, 1.54) is 24.8 Å². The fraction of sp³-hybridized carbons (Fsp3) is 0.545. The molecule has 2 atom stereocenters. The molecule has 1 fully saturated rings. The average molecular weight is 190 g/mol. The summed E-state index contributed by atoms with van der Waals surface area (Å²) in [4.78, 5) is 0. The van der Waals surface area contributed by atoms with Crippen LogP contribution in [0.3, 0.4) is 0 Å². The van der Waals surface area contributed by atoms with Crippen LogP contribution in [0.25, 0.3) is 5.57 Å². The van der Waals surface area contributed by atoms with Gasteiger partial charge in [0.2, 0.25) is 0 Å². The second-order valence-electron chi connectivity index (χ2n) is 4.21. The highest BCUT2D eigenvalue weighted by atomic mass is 16.5. The topological polar surface area (TPSA) is 38.1 Å². The van der Waals surface area contributed by atoms with Gasteiger partial charge in [-0.15, -0.1) is 0 Å². The highest BCUT2D eigenvalue weighted by Gasteiger charge is 2.28. The Morgan fingerprint density at radius 3 is 3.36 bits per heavy atom. The first-order valence-corrected chi connectivity index (χ1v) is 5.26. The second kappa shape index (κ2) is 3.24. The van der Waals surface area contributed by atoms with Gasteiger partial charge in [-0.05, 0) is 37.3 Å². The lowest BCUT2D eigenvalue weighted by Crippen LogP contribution is -2.40. The minimum Gasteiger partial charge on any atom is -0.364 e. The van der Waals surface area contributed by atoms with E-state index in [0.717, 1.165) is 18.0 Å². The number of piperidine rings is 1. The lowest BCUT2D eigenvalue weighted by atomic mass is 9.79. The van der Waals surface area contributed by atoms with Gasteiger partial charge in [-0.3, -0.25) is 0 Å². The third-order valence-corrected chi connectivity index (χ3v) is 3.32. The van der Waals surface area contributed by atoms with E-state index in [1.54, 1.807) is 6.26 Å². The Morgan fingerprint density at radius 1 is 1.50 bits per heavy atom. The van der Waals surface area contributed by atoms with Crippen LogP contribution in [0.15, 0.2) is 23.1 Å². The highest BCUT2D eigenvalue weighted by Crippen LogP contribution is 2.34. The maximum absolute atomic E-state index is 4.89. The first-order valence-electron chi connectivity index (χ1n) is 5.26. The van der Waals surface area contributed by atoms with Gasteiger partial charge in [0.25, 0.3) is 0 Å². The molecule has 1 aromatic heterocycles. The summed E-state index contributed by atoms with van der Waals surface area (Å²) in [5.41, 5.74) is 2.52. The Balaban J connectivity index is 1.92. The van der Waals surface area contributed by atoms with Crippen molar-refractivity contribution in [3.05, 3.63) is 24.1 Å². The zero-order valence-corrected chi connectivity index (χ0v) is 8.07. The number of nitrogens with zero attached hydrogens (tertiary/aromatic N) is 1. The molecule has 1 aromatic rings. The van der Waals surface area contributed by atoms with Crippen molar-refractivity contribution in [2.24, 2.45) is 5.92 Å². The molecule has 1 aliphatic heterocycles. The molecule has 1 aliphatic carbocycles. The smallest absolute Gasteiger partial charge is 0.131 e. The number of allylic oxidation sites excluding steroid dienone is 1. The molecule has 0 spiro atoms. The maximum Gasteiger partial charge on any atom is 0.131 e. The van der Waals surface area contributed by atoms with Crippen molar-refractivity contribution in [3.63, 3.8) is 0 Å². The molecule has 2 heterocycles. The van der Waals surface area contributed by atoms with Crippen LogP contribution >= 0.6 is 0 Å². The summed E-state index contributed by atoms with van der Waals surface area (Å²) >= 11 is 0. The summed E-state index contributed by atoms with van der Waals surface area (Å²) in [7, 11) is 0. The van der Waals surface area contributed by atoms with Crippen LogP contribution in [0.4, 0.5) is 0 Å². The predicted octanol–water partition coefficient (Wildman–Crippen LogP) is 1.83. The van der Waals surface area contributed by atoms with E-state index in [1.807, 2.05) is 6.20 Å². The fourth-order valence-electron chi connectivity index (χ4n) is 2.55. The lowest BCUT2D eigenvalue weighted by Gasteiger charge is -2.35. The minimum atomic E-state index is 0.530. The Bertz CT molecular complexity index is 342. The third kappa shape index (κ3) is 1.28. The molecular formula is C11H14N2O. The van der Waals surface area contributed by atoms with Gasteiger partial charge < -0.3 is 9.84 Å². The zero-order valence-electron chi connectivity index (χ0n) is 8.07. The average Bonchev–Trinajstić information content (AvgIpc) is 2.71. The molecule has 0 saturated carbocycles. The van der Waals surface area contributed by atoms with Crippen molar-refractivity contribution < 1.29 is 4.52 Å². The summed E-state index contributed by atoms with van der Waals surface area (Å²) in [5.74, 6) is 0.893. The van der Waals surface area contributed by atoms with E-state index in [4.69, 9.17) is 4.52 Å². The first-order chi connectivity index (χ1) is 6.93. The number of hydrogen-bond acceptors (Lipinski definition) is 3. The molecule has 0 amide bonds. The second-order valence-corrected chi connectivity index (χ2v) is 4.21. The Labute approximate surface area is 83.2 Å². The van der Waals surface area contributed by atoms with E-state index < -0.39 is 0 Å². The van der Waals surface area contributed by atoms with E-state index in [-0.39, 0.29) is 0 Å². The van der Waals surface area contributed by atoms with Crippen LogP contribution < -0.4 is 5.32 Å². The van der Waals surface area contributed by atoms with Gasteiger partial charge in [-0.25, -0.2) is 0 Å². The zero-order chi connectivity index (χ0) is 9.38. The van der Waals surface area contributed by atoms with Gasteiger partial charge in [-0.1, -0.05) is 11.2 Å². The Kier molecular flexibility index (Phi) is 1.91. The van der Waals surface area contributed by atoms with Gasteiger partial charge >= 0.3 is 0 Å². The van der Waals surface area contributed by atoms with Gasteiger partial charge in [0, 0.05) is 11.6 Å². The van der Waals surface area contributed by atoms with E-state index in [0.29, 0.717) is 6.04 Å². The van der Waals surface area contributed by atoms with Crippen LogP contribution in [-0.4, -0.2) is 17.7 Å². The van der Waals surface area contributed by atoms with Crippen LogP contribution in [0.2, 0.25) is 0 Å². The summed E-state index contributed by atoms with van der Waals surface area (Å²) in [6, 6.07) is 0.530. The van der Waals surface area contributed by atoms with Crippen molar-refractivity contribution in [3.8, 4) is 0 Å².